The first-order valence-corrected chi connectivity index (χ1v) is 11.9. The molecule has 0 bridgehead atoms. The quantitative estimate of drug-likeness (QED) is 0.690. The van der Waals surface area contributed by atoms with Crippen molar-refractivity contribution in [1.82, 2.24) is 4.90 Å². The molecule has 1 atom stereocenters. The van der Waals surface area contributed by atoms with Gasteiger partial charge in [0, 0.05) is 30.5 Å². The second-order valence-electron chi connectivity index (χ2n) is 7.50. The van der Waals surface area contributed by atoms with Gasteiger partial charge in [-0.25, -0.2) is 4.79 Å². The number of thiophene rings is 2. The molecule has 8 heteroatoms. The summed E-state index contributed by atoms with van der Waals surface area (Å²) in [6, 6.07) is 4.18. The number of rotatable bonds is 4. The fraction of sp³-hybridized carbons (Fsp3) is 0.409. The van der Waals surface area contributed by atoms with E-state index in [1.165, 1.54) is 23.8 Å². The Kier molecular flexibility index (Phi) is 6.50. The van der Waals surface area contributed by atoms with Crippen molar-refractivity contribution in [2.45, 2.75) is 44.6 Å². The van der Waals surface area contributed by atoms with Gasteiger partial charge < -0.3 is 15.0 Å². The van der Waals surface area contributed by atoms with Crippen LogP contribution in [0, 0.1) is 11.3 Å². The second kappa shape index (κ2) is 9.45. The van der Waals surface area contributed by atoms with Crippen LogP contribution in [-0.2, 0) is 22.4 Å². The lowest BCUT2D eigenvalue weighted by atomic mass is 9.94. The Morgan fingerprint density at radius 1 is 1.30 bits per heavy atom. The number of ether oxygens (including phenoxy) is 1. The van der Waals surface area contributed by atoms with E-state index < -0.39 is 0 Å². The third-order valence-electron chi connectivity index (χ3n) is 5.42. The van der Waals surface area contributed by atoms with Gasteiger partial charge in [0.25, 0.3) is 0 Å². The lowest BCUT2D eigenvalue weighted by Crippen LogP contribution is -2.39. The molecule has 1 unspecified atom stereocenters. The smallest absolute Gasteiger partial charge is 0.410 e. The Bertz CT molecular complexity index is 982. The summed E-state index contributed by atoms with van der Waals surface area (Å²) in [5.41, 5.74) is 2.48. The molecule has 4 rings (SSSR count). The Morgan fingerprint density at radius 3 is 2.87 bits per heavy atom. The number of carbonyl (C=O) groups excluding carboxylic acids is 2. The lowest BCUT2D eigenvalue weighted by Gasteiger charge is -2.29. The number of piperidine rings is 1. The molecule has 156 valence electrons. The maximum Gasteiger partial charge on any atom is 0.410 e. The van der Waals surface area contributed by atoms with Crippen molar-refractivity contribution in [2.75, 3.05) is 18.4 Å². The summed E-state index contributed by atoms with van der Waals surface area (Å²) in [5.74, 6) is -0.260. The monoisotopic (exact) mass is 441 g/mol. The molecule has 1 N–H and O–H groups in total. The van der Waals surface area contributed by atoms with Crippen molar-refractivity contribution in [1.29, 1.82) is 5.26 Å². The summed E-state index contributed by atoms with van der Waals surface area (Å²) in [5, 5.41) is 17.0. The third-order valence-corrected chi connectivity index (χ3v) is 7.29. The molecule has 0 aromatic carbocycles. The predicted octanol–water partition coefficient (Wildman–Crippen LogP) is 4.81. The van der Waals surface area contributed by atoms with E-state index in [1.54, 1.807) is 22.3 Å². The van der Waals surface area contributed by atoms with Crippen molar-refractivity contribution in [3.63, 3.8) is 0 Å². The number of nitriles is 1. The van der Waals surface area contributed by atoms with E-state index in [9.17, 15) is 14.9 Å². The molecule has 0 saturated carbocycles. The van der Waals surface area contributed by atoms with Gasteiger partial charge in [-0.05, 0) is 66.1 Å². The maximum absolute atomic E-state index is 12.4. The molecule has 6 nitrogen and oxygen atoms in total. The number of nitrogens with zero attached hydrogens (tertiary/aromatic N) is 2. The normalized spacial score (nSPS) is 18.6. The van der Waals surface area contributed by atoms with Crippen molar-refractivity contribution in [3.8, 4) is 6.07 Å². The summed E-state index contributed by atoms with van der Waals surface area (Å²) < 4.78 is 5.74. The molecule has 1 fully saturated rings. The Balaban J connectivity index is 1.41. The van der Waals surface area contributed by atoms with E-state index in [0.29, 0.717) is 29.8 Å². The highest BCUT2D eigenvalue weighted by atomic mass is 32.1. The van der Waals surface area contributed by atoms with Crippen molar-refractivity contribution < 1.29 is 14.3 Å². The minimum absolute atomic E-state index is 0.181. The van der Waals surface area contributed by atoms with Crippen molar-refractivity contribution >= 4 is 45.8 Å². The van der Waals surface area contributed by atoms with Gasteiger partial charge in [-0.1, -0.05) is 0 Å². The average molecular weight is 442 g/mol. The first kappa shape index (κ1) is 20.6. The molecule has 2 aromatic rings. The van der Waals surface area contributed by atoms with Gasteiger partial charge in [-0.2, -0.15) is 16.6 Å². The van der Waals surface area contributed by atoms with Gasteiger partial charge >= 0.3 is 6.09 Å². The van der Waals surface area contributed by atoms with Crippen molar-refractivity contribution in [2.24, 2.45) is 0 Å². The molecule has 1 aliphatic heterocycles. The number of amides is 2. The average Bonchev–Trinajstić information content (AvgIpc) is 3.39. The highest BCUT2D eigenvalue weighted by molar-refractivity contribution is 7.16. The first-order valence-electron chi connectivity index (χ1n) is 10.2. The van der Waals surface area contributed by atoms with Gasteiger partial charge in [0.2, 0.25) is 5.91 Å². The zero-order valence-corrected chi connectivity index (χ0v) is 18.2. The molecule has 0 radical (unpaired) electrons. The number of likely N-dealkylation sites (tertiary alicyclic amines) is 1. The predicted molar refractivity (Wildman–Crippen MR) is 119 cm³/mol. The van der Waals surface area contributed by atoms with Crippen LogP contribution in [0.15, 0.2) is 22.9 Å². The van der Waals surface area contributed by atoms with E-state index in [2.05, 4.69) is 11.4 Å². The Labute approximate surface area is 183 Å². The molecule has 2 aliphatic rings. The zero-order chi connectivity index (χ0) is 20.9. The largest absolute Gasteiger partial charge is 0.446 e. The van der Waals surface area contributed by atoms with E-state index in [1.807, 2.05) is 16.8 Å². The molecule has 1 saturated heterocycles. The summed E-state index contributed by atoms with van der Waals surface area (Å²) >= 11 is 2.98. The molecule has 1 aliphatic carbocycles. The van der Waals surface area contributed by atoms with E-state index in [4.69, 9.17) is 4.74 Å². The third kappa shape index (κ3) is 4.74. The van der Waals surface area contributed by atoms with Crippen molar-refractivity contribution in [3.05, 3.63) is 44.5 Å². The Hall–Kier alpha value is -2.63. The second-order valence-corrected chi connectivity index (χ2v) is 9.38. The lowest BCUT2D eigenvalue weighted by molar-refractivity contribution is -0.111. The minimum atomic E-state index is -0.260. The SMILES string of the molecule is N#Cc1c(NC(=O)/C=C/c2ccsc2)sc2c1CCC(OC(=O)N1CCCCC1)C2. The molecule has 30 heavy (non-hydrogen) atoms. The topological polar surface area (TPSA) is 82.4 Å². The summed E-state index contributed by atoms with van der Waals surface area (Å²) in [7, 11) is 0. The molecular weight excluding hydrogens is 418 g/mol. The van der Waals surface area contributed by atoms with Crippen LogP contribution in [0.4, 0.5) is 9.80 Å². The van der Waals surface area contributed by atoms with E-state index in [-0.39, 0.29) is 18.1 Å². The number of hydrogen-bond acceptors (Lipinski definition) is 6. The zero-order valence-electron chi connectivity index (χ0n) is 16.6. The van der Waals surface area contributed by atoms with Gasteiger partial charge in [0.05, 0.1) is 5.56 Å². The van der Waals surface area contributed by atoms with E-state index in [0.717, 1.165) is 41.9 Å². The summed E-state index contributed by atoms with van der Waals surface area (Å²) in [6.07, 6.45) is 8.01. The van der Waals surface area contributed by atoms with Gasteiger partial charge in [0.15, 0.2) is 0 Å². The van der Waals surface area contributed by atoms with Crippen LogP contribution in [0.1, 0.15) is 47.3 Å². The number of anilines is 1. The number of fused-ring (bicyclic) bond motifs is 1. The van der Waals surface area contributed by atoms with Crippen LogP contribution in [0.3, 0.4) is 0 Å². The number of nitrogens with one attached hydrogen (secondary N) is 1. The molecule has 3 heterocycles. The van der Waals surface area contributed by atoms with Crippen LogP contribution in [0.2, 0.25) is 0 Å². The van der Waals surface area contributed by atoms with Crippen LogP contribution in [-0.4, -0.2) is 36.1 Å². The highest BCUT2D eigenvalue weighted by Crippen LogP contribution is 2.38. The first-order chi connectivity index (χ1) is 14.6. The molecule has 0 spiro atoms. The fourth-order valence-corrected chi connectivity index (χ4v) is 5.75. The number of carbonyl (C=O) groups is 2. The van der Waals surface area contributed by atoms with Crippen LogP contribution >= 0.6 is 22.7 Å². The van der Waals surface area contributed by atoms with Crippen LogP contribution in [0.5, 0.6) is 0 Å². The van der Waals surface area contributed by atoms with Crippen LogP contribution in [0.25, 0.3) is 6.08 Å². The molecule has 2 aromatic heterocycles. The van der Waals surface area contributed by atoms with Gasteiger partial charge in [-0.3, -0.25) is 4.79 Å². The minimum Gasteiger partial charge on any atom is -0.446 e. The maximum atomic E-state index is 12.4. The van der Waals surface area contributed by atoms with Gasteiger partial charge in [0.1, 0.15) is 17.2 Å². The fourth-order valence-electron chi connectivity index (χ4n) is 3.85. The summed E-state index contributed by atoms with van der Waals surface area (Å²) in [4.78, 5) is 27.5. The van der Waals surface area contributed by atoms with Gasteiger partial charge in [-0.15, -0.1) is 11.3 Å². The molecule has 2 amide bonds. The summed E-state index contributed by atoms with van der Waals surface area (Å²) in [6.45, 7) is 1.53. The van der Waals surface area contributed by atoms with E-state index >= 15 is 0 Å². The highest BCUT2D eigenvalue weighted by Gasteiger charge is 2.29. The molecular formula is C22H23N3O3S2. The van der Waals surface area contributed by atoms with Crippen LogP contribution < -0.4 is 5.32 Å². The number of hydrogen-bond donors (Lipinski definition) is 1. The standard InChI is InChI=1S/C22H23N3O3S2/c23-13-18-17-6-5-16(28-22(27)25-9-2-1-3-10-25)12-19(17)30-21(18)24-20(26)7-4-15-8-11-29-14-15/h4,7-8,11,14,16H,1-3,5-6,9-10,12H2,(H,24,26)/b7-4+. The Morgan fingerprint density at radius 2 is 2.13 bits per heavy atom.